The van der Waals surface area contributed by atoms with Crippen LogP contribution in [0.15, 0.2) is 16.6 Å². The van der Waals surface area contributed by atoms with E-state index in [-0.39, 0.29) is 5.97 Å². The van der Waals surface area contributed by atoms with E-state index in [0.29, 0.717) is 17.9 Å². The molecule has 0 saturated heterocycles. The minimum absolute atomic E-state index is 0.366. The van der Waals surface area contributed by atoms with Gasteiger partial charge in [0.1, 0.15) is 0 Å². The zero-order chi connectivity index (χ0) is 11.4. The van der Waals surface area contributed by atoms with Gasteiger partial charge >= 0.3 is 5.97 Å². The fourth-order valence-corrected chi connectivity index (χ4v) is 1.50. The van der Waals surface area contributed by atoms with Crippen molar-refractivity contribution in [2.45, 2.75) is 20.3 Å². The summed E-state index contributed by atoms with van der Waals surface area (Å²) in [5, 5.41) is 0. The van der Waals surface area contributed by atoms with Crippen molar-refractivity contribution >= 4 is 27.6 Å². The molecule has 0 spiro atoms. The second-order valence-corrected chi connectivity index (χ2v) is 4.09. The van der Waals surface area contributed by atoms with Crippen LogP contribution in [-0.4, -0.2) is 12.6 Å². The van der Waals surface area contributed by atoms with E-state index in [0.717, 1.165) is 16.5 Å². The molecule has 0 radical (unpaired) electrons. The number of aryl methyl sites for hydroxylation is 1. The van der Waals surface area contributed by atoms with E-state index in [4.69, 9.17) is 10.5 Å². The molecule has 0 aliphatic rings. The van der Waals surface area contributed by atoms with Crippen molar-refractivity contribution < 1.29 is 9.53 Å². The molecular weight excluding hydrogens is 258 g/mol. The Bertz CT molecular complexity index is 377. The first-order valence-electron chi connectivity index (χ1n) is 4.79. The molecule has 0 unspecified atom stereocenters. The van der Waals surface area contributed by atoms with Gasteiger partial charge in [-0.25, -0.2) is 4.79 Å². The third kappa shape index (κ3) is 2.72. The van der Waals surface area contributed by atoms with Crippen LogP contribution in [0.3, 0.4) is 0 Å². The van der Waals surface area contributed by atoms with Crippen molar-refractivity contribution in [3.63, 3.8) is 0 Å². The van der Waals surface area contributed by atoms with Gasteiger partial charge in [-0.3, -0.25) is 0 Å². The Morgan fingerprint density at radius 3 is 2.80 bits per heavy atom. The van der Waals surface area contributed by atoms with Crippen LogP contribution in [0.4, 0.5) is 5.69 Å². The van der Waals surface area contributed by atoms with Crippen LogP contribution in [0.1, 0.15) is 29.3 Å². The average molecular weight is 272 g/mol. The molecule has 3 nitrogen and oxygen atoms in total. The molecule has 0 heterocycles. The number of hydrogen-bond acceptors (Lipinski definition) is 3. The van der Waals surface area contributed by atoms with Gasteiger partial charge in [-0.2, -0.15) is 0 Å². The molecule has 0 amide bonds. The van der Waals surface area contributed by atoms with Crippen LogP contribution in [0, 0.1) is 6.92 Å². The molecule has 1 rings (SSSR count). The summed E-state index contributed by atoms with van der Waals surface area (Å²) in [6, 6.07) is 3.52. The van der Waals surface area contributed by atoms with Gasteiger partial charge in [0.15, 0.2) is 0 Å². The van der Waals surface area contributed by atoms with E-state index in [2.05, 4.69) is 15.9 Å². The maximum absolute atomic E-state index is 11.6. The molecule has 2 N–H and O–H groups in total. The molecule has 0 atom stereocenters. The van der Waals surface area contributed by atoms with Gasteiger partial charge < -0.3 is 10.5 Å². The molecule has 0 aliphatic heterocycles. The van der Waals surface area contributed by atoms with Gasteiger partial charge in [0.2, 0.25) is 0 Å². The lowest BCUT2D eigenvalue weighted by atomic mass is 10.1. The number of nitrogens with two attached hydrogens (primary N) is 1. The first kappa shape index (κ1) is 12.0. The lowest BCUT2D eigenvalue weighted by Crippen LogP contribution is -2.09. The average Bonchev–Trinajstić information content (AvgIpc) is 2.23. The molecule has 15 heavy (non-hydrogen) atoms. The van der Waals surface area contributed by atoms with Gasteiger partial charge in [0, 0.05) is 4.47 Å². The summed E-state index contributed by atoms with van der Waals surface area (Å²) < 4.78 is 5.77. The normalized spacial score (nSPS) is 10.1. The summed E-state index contributed by atoms with van der Waals surface area (Å²) >= 11 is 3.33. The summed E-state index contributed by atoms with van der Waals surface area (Å²) in [7, 11) is 0. The molecule has 0 bridgehead atoms. The van der Waals surface area contributed by atoms with Gasteiger partial charge in [-0.1, -0.05) is 13.0 Å². The number of hydrogen-bond donors (Lipinski definition) is 1. The minimum atomic E-state index is -0.366. The van der Waals surface area contributed by atoms with E-state index in [1.807, 2.05) is 19.9 Å². The number of anilines is 1. The molecular formula is C11H14BrNO2. The minimum Gasteiger partial charge on any atom is -0.462 e. The summed E-state index contributed by atoms with van der Waals surface area (Å²) in [5.41, 5.74) is 7.67. The van der Waals surface area contributed by atoms with Crippen LogP contribution in [0.25, 0.3) is 0 Å². The van der Waals surface area contributed by atoms with Crippen LogP contribution >= 0.6 is 15.9 Å². The molecule has 4 heteroatoms. The lowest BCUT2D eigenvalue weighted by molar-refractivity contribution is 0.0506. The number of carbonyl (C=O) groups excluding carboxylic acids is 1. The van der Waals surface area contributed by atoms with Crippen molar-refractivity contribution in [1.29, 1.82) is 0 Å². The van der Waals surface area contributed by atoms with Crippen molar-refractivity contribution in [2.75, 3.05) is 12.3 Å². The number of esters is 1. The zero-order valence-corrected chi connectivity index (χ0v) is 10.4. The first-order valence-corrected chi connectivity index (χ1v) is 5.59. The standard InChI is InChI=1S/C11H14BrNO2/c1-3-6-15-11(14)8-5-4-7(2)9(12)10(8)13/h4-5H,3,6,13H2,1-2H3. The SMILES string of the molecule is CCCOC(=O)c1ccc(C)c(Br)c1N. The second kappa shape index (κ2) is 5.16. The van der Waals surface area contributed by atoms with E-state index in [9.17, 15) is 4.79 Å². The maximum atomic E-state index is 11.6. The Morgan fingerprint density at radius 2 is 2.20 bits per heavy atom. The van der Waals surface area contributed by atoms with Crippen molar-refractivity contribution in [3.8, 4) is 0 Å². The fraction of sp³-hybridized carbons (Fsp3) is 0.364. The fourth-order valence-electron chi connectivity index (χ4n) is 1.15. The van der Waals surface area contributed by atoms with Crippen molar-refractivity contribution in [2.24, 2.45) is 0 Å². The topological polar surface area (TPSA) is 52.3 Å². The van der Waals surface area contributed by atoms with Gasteiger partial charge in [-0.15, -0.1) is 0 Å². The molecule has 1 aromatic rings. The smallest absolute Gasteiger partial charge is 0.340 e. The number of carbonyl (C=O) groups is 1. The third-order valence-electron chi connectivity index (χ3n) is 2.03. The summed E-state index contributed by atoms with van der Waals surface area (Å²) in [6.07, 6.45) is 0.804. The predicted molar refractivity (Wildman–Crippen MR) is 63.9 cm³/mol. The Labute approximate surface area is 97.7 Å². The van der Waals surface area contributed by atoms with Crippen molar-refractivity contribution in [3.05, 3.63) is 27.7 Å². The van der Waals surface area contributed by atoms with Crippen molar-refractivity contribution in [1.82, 2.24) is 0 Å². The number of halogens is 1. The molecule has 0 aliphatic carbocycles. The second-order valence-electron chi connectivity index (χ2n) is 3.29. The first-order chi connectivity index (χ1) is 7.07. The molecule has 0 saturated carbocycles. The molecule has 0 aromatic heterocycles. The van der Waals surface area contributed by atoms with Crippen LogP contribution < -0.4 is 5.73 Å². The van der Waals surface area contributed by atoms with Gasteiger partial charge in [0.25, 0.3) is 0 Å². The summed E-state index contributed by atoms with van der Waals surface area (Å²) in [4.78, 5) is 11.6. The Balaban J connectivity index is 2.95. The number of benzene rings is 1. The van der Waals surface area contributed by atoms with Crippen LogP contribution in [0.5, 0.6) is 0 Å². The Kier molecular flexibility index (Phi) is 4.15. The Morgan fingerprint density at radius 1 is 1.53 bits per heavy atom. The highest BCUT2D eigenvalue weighted by molar-refractivity contribution is 9.10. The Hall–Kier alpha value is -1.03. The number of nitrogen functional groups attached to an aromatic ring is 1. The molecule has 0 fully saturated rings. The maximum Gasteiger partial charge on any atom is 0.340 e. The van der Waals surface area contributed by atoms with E-state index >= 15 is 0 Å². The predicted octanol–water partition coefficient (Wildman–Crippen LogP) is 2.91. The van der Waals surface area contributed by atoms with E-state index < -0.39 is 0 Å². The highest BCUT2D eigenvalue weighted by Gasteiger charge is 2.13. The molecule has 82 valence electrons. The zero-order valence-electron chi connectivity index (χ0n) is 8.84. The molecule has 1 aromatic carbocycles. The number of rotatable bonds is 3. The van der Waals surface area contributed by atoms with Crippen LogP contribution in [-0.2, 0) is 4.74 Å². The van der Waals surface area contributed by atoms with Gasteiger partial charge in [-0.05, 0) is 40.9 Å². The number of ether oxygens (including phenoxy) is 1. The monoisotopic (exact) mass is 271 g/mol. The van der Waals surface area contributed by atoms with Gasteiger partial charge in [0.05, 0.1) is 17.9 Å². The highest BCUT2D eigenvalue weighted by atomic mass is 79.9. The quantitative estimate of drug-likeness (QED) is 0.680. The highest BCUT2D eigenvalue weighted by Crippen LogP contribution is 2.27. The van der Waals surface area contributed by atoms with E-state index in [1.165, 1.54) is 0 Å². The third-order valence-corrected chi connectivity index (χ3v) is 3.08. The largest absolute Gasteiger partial charge is 0.462 e. The summed E-state index contributed by atoms with van der Waals surface area (Å²) in [5.74, 6) is -0.366. The lowest BCUT2D eigenvalue weighted by Gasteiger charge is -2.09. The van der Waals surface area contributed by atoms with E-state index in [1.54, 1.807) is 6.07 Å². The summed E-state index contributed by atoms with van der Waals surface area (Å²) in [6.45, 7) is 4.28. The van der Waals surface area contributed by atoms with Crippen LogP contribution in [0.2, 0.25) is 0 Å².